The van der Waals surface area contributed by atoms with Crippen molar-refractivity contribution in [3.05, 3.63) is 59.8 Å². The topological polar surface area (TPSA) is 60.5 Å². The van der Waals surface area contributed by atoms with Gasteiger partial charge in [-0.3, -0.25) is 0 Å². The monoisotopic (exact) mass is 371 g/mol. The van der Waals surface area contributed by atoms with E-state index in [1.54, 1.807) is 26.2 Å². The molecule has 26 heavy (non-hydrogen) atoms. The third-order valence-electron chi connectivity index (χ3n) is 3.80. The molecular formula is C20H20ClN2O3-. The minimum Gasteiger partial charge on any atom is -1.00 e. The molecule has 1 N–H and O–H groups in total. The van der Waals surface area contributed by atoms with E-state index in [4.69, 9.17) is 9.47 Å². The van der Waals surface area contributed by atoms with Crippen LogP contribution in [0.5, 0.6) is 5.75 Å². The normalized spacial score (nSPS) is 10.1. The van der Waals surface area contributed by atoms with E-state index in [9.17, 15) is 4.79 Å². The van der Waals surface area contributed by atoms with Crippen LogP contribution >= 0.6 is 0 Å². The van der Waals surface area contributed by atoms with Crippen LogP contribution in [-0.4, -0.2) is 24.7 Å². The predicted molar refractivity (Wildman–Crippen MR) is 98.7 cm³/mol. The molecule has 136 valence electrons. The van der Waals surface area contributed by atoms with Gasteiger partial charge < -0.3 is 27.2 Å². The zero-order chi connectivity index (χ0) is 17.8. The van der Waals surface area contributed by atoms with Gasteiger partial charge >= 0.3 is 5.97 Å². The lowest BCUT2D eigenvalue weighted by Gasteiger charge is -2.13. The molecule has 0 bridgehead atoms. The molecule has 1 heterocycles. The lowest BCUT2D eigenvalue weighted by atomic mass is 10.1. The molecule has 5 nitrogen and oxygen atoms in total. The van der Waals surface area contributed by atoms with Crippen LogP contribution in [-0.2, 0) is 4.74 Å². The van der Waals surface area contributed by atoms with Crippen molar-refractivity contribution < 1.29 is 26.7 Å². The molecule has 0 saturated carbocycles. The van der Waals surface area contributed by atoms with Crippen molar-refractivity contribution in [2.24, 2.45) is 0 Å². The summed E-state index contributed by atoms with van der Waals surface area (Å²) >= 11 is 0. The smallest absolute Gasteiger partial charge is 0.338 e. The van der Waals surface area contributed by atoms with Crippen LogP contribution in [0, 0.1) is 6.92 Å². The van der Waals surface area contributed by atoms with Gasteiger partial charge in [-0.25, -0.2) is 9.78 Å². The summed E-state index contributed by atoms with van der Waals surface area (Å²) in [5, 5.41) is 4.32. The maximum absolute atomic E-state index is 11.9. The maximum Gasteiger partial charge on any atom is 0.338 e. The number of rotatable bonds is 5. The van der Waals surface area contributed by atoms with E-state index in [2.05, 4.69) is 10.3 Å². The Hall–Kier alpha value is -2.79. The molecule has 0 unspecified atom stereocenters. The Kier molecular flexibility index (Phi) is 6.41. The SMILES string of the molecule is CCOC(=O)c1cccc(Nc2cc(C)nc3c(OC)cccc23)c1.[Cl-]. The van der Waals surface area contributed by atoms with Crippen molar-refractivity contribution in [3.63, 3.8) is 0 Å². The summed E-state index contributed by atoms with van der Waals surface area (Å²) < 4.78 is 10.5. The average Bonchev–Trinajstić information content (AvgIpc) is 2.61. The first-order valence-electron chi connectivity index (χ1n) is 8.11. The summed E-state index contributed by atoms with van der Waals surface area (Å²) in [6, 6.07) is 15.0. The molecule has 0 aliphatic carbocycles. The van der Waals surface area contributed by atoms with Crippen LogP contribution in [0.1, 0.15) is 23.0 Å². The van der Waals surface area contributed by atoms with Gasteiger partial charge in [0.05, 0.1) is 19.3 Å². The van der Waals surface area contributed by atoms with Crippen LogP contribution in [0.25, 0.3) is 10.9 Å². The molecule has 0 amide bonds. The highest BCUT2D eigenvalue weighted by Gasteiger charge is 2.10. The number of methoxy groups -OCH3 is 1. The zero-order valence-electron chi connectivity index (χ0n) is 14.9. The Morgan fingerprint density at radius 2 is 1.92 bits per heavy atom. The quantitative estimate of drug-likeness (QED) is 0.688. The van der Waals surface area contributed by atoms with Crippen LogP contribution in [0.2, 0.25) is 0 Å². The zero-order valence-corrected chi connectivity index (χ0v) is 15.6. The van der Waals surface area contributed by atoms with Gasteiger partial charge in [-0.2, -0.15) is 0 Å². The number of esters is 1. The number of benzene rings is 2. The van der Waals surface area contributed by atoms with E-state index < -0.39 is 0 Å². The second-order valence-corrected chi connectivity index (χ2v) is 5.59. The number of pyridine rings is 1. The lowest BCUT2D eigenvalue weighted by molar-refractivity contribution is -0.0000233. The number of carbonyl (C=O) groups is 1. The Morgan fingerprint density at radius 1 is 1.15 bits per heavy atom. The minimum absolute atomic E-state index is 0. The Morgan fingerprint density at radius 3 is 2.65 bits per heavy atom. The molecule has 2 aromatic carbocycles. The number of ether oxygens (including phenoxy) is 2. The van der Waals surface area contributed by atoms with Crippen molar-refractivity contribution in [1.29, 1.82) is 0 Å². The number of nitrogens with zero attached hydrogens (tertiary/aromatic N) is 1. The van der Waals surface area contributed by atoms with Gasteiger partial charge in [0.2, 0.25) is 0 Å². The standard InChI is InChI=1S/C20H20N2O3.ClH/c1-4-25-20(23)14-7-5-8-15(12-14)22-17-11-13(2)21-19-16(17)9-6-10-18(19)24-3;/h5-12H,4H2,1-3H3,(H,21,22);1H/p-1. The Labute approximate surface area is 158 Å². The van der Waals surface area contributed by atoms with Gasteiger partial charge in [-0.15, -0.1) is 0 Å². The number of carbonyl (C=O) groups excluding carboxylic acids is 1. The van der Waals surface area contributed by atoms with Gasteiger partial charge in [-0.1, -0.05) is 18.2 Å². The molecule has 0 aliphatic rings. The van der Waals surface area contributed by atoms with Crippen LogP contribution in [0.3, 0.4) is 0 Å². The van der Waals surface area contributed by atoms with Crippen molar-refractivity contribution in [1.82, 2.24) is 4.98 Å². The molecule has 0 spiro atoms. The highest BCUT2D eigenvalue weighted by atomic mass is 35.5. The summed E-state index contributed by atoms with van der Waals surface area (Å²) in [5.41, 5.74) is 3.90. The van der Waals surface area contributed by atoms with Crippen LogP contribution in [0.15, 0.2) is 48.5 Å². The number of nitrogens with one attached hydrogen (secondary N) is 1. The number of aryl methyl sites for hydroxylation is 1. The number of hydrogen-bond acceptors (Lipinski definition) is 5. The number of para-hydroxylation sites is 1. The van der Waals surface area contributed by atoms with E-state index in [0.717, 1.165) is 33.7 Å². The molecule has 3 rings (SSSR count). The first-order chi connectivity index (χ1) is 12.1. The van der Waals surface area contributed by atoms with E-state index in [-0.39, 0.29) is 18.4 Å². The molecule has 0 saturated heterocycles. The minimum atomic E-state index is -0.330. The second kappa shape index (κ2) is 8.54. The molecule has 6 heteroatoms. The van der Waals surface area contributed by atoms with Crippen molar-refractivity contribution in [3.8, 4) is 5.75 Å². The van der Waals surface area contributed by atoms with Gasteiger partial charge in [0.1, 0.15) is 11.3 Å². The molecule has 1 aromatic heterocycles. The fourth-order valence-corrected chi connectivity index (χ4v) is 2.71. The van der Waals surface area contributed by atoms with Crippen LogP contribution < -0.4 is 22.5 Å². The lowest BCUT2D eigenvalue weighted by Crippen LogP contribution is -3.00. The van der Waals surface area contributed by atoms with Crippen molar-refractivity contribution in [2.45, 2.75) is 13.8 Å². The number of aromatic nitrogens is 1. The summed E-state index contributed by atoms with van der Waals surface area (Å²) in [6.07, 6.45) is 0. The Balaban J connectivity index is 0.00000243. The number of anilines is 2. The van der Waals surface area contributed by atoms with Gasteiger partial charge in [0.25, 0.3) is 0 Å². The van der Waals surface area contributed by atoms with E-state index >= 15 is 0 Å². The third kappa shape index (κ3) is 4.06. The first kappa shape index (κ1) is 19.5. The van der Waals surface area contributed by atoms with E-state index in [0.29, 0.717) is 12.2 Å². The van der Waals surface area contributed by atoms with Gasteiger partial charge in [0.15, 0.2) is 0 Å². The summed E-state index contributed by atoms with van der Waals surface area (Å²) in [4.78, 5) is 16.5. The molecule has 3 aromatic rings. The number of hydrogen-bond donors (Lipinski definition) is 1. The fourth-order valence-electron chi connectivity index (χ4n) is 2.71. The molecule has 0 radical (unpaired) electrons. The number of fused-ring (bicyclic) bond motifs is 1. The summed E-state index contributed by atoms with van der Waals surface area (Å²) in [6.45, 7) is 4.08. The highest BCUT2D eigenvalue weighted by Crippen LogP contribution is 2.31. The van der Waals surface area contributed by atoms with Gasteiger partial charge in [0, 0.05) is 22.5 Å². The molecule has 0 aliphatic heterocycles. The van der Waals surface area contributed by atoms with Crippen molar-refractivity contribution in [2.75, 3.05) is 19.0 Å². The predicted octanol–water partition coefficient (Wildman–Crippen LogP) is 1.48. The largest absolute Gasteiger partial charge is 1.00 e. The first-order valence-corrected chi connectivity index (χ1v) is 8.11. The van der Waals surface area contributed by atoms with E-state index in [1.807, 2.05) is 43.3 Å². The fraction of sp³-hybridized carbons (Fsp3) is 0.200. The number of halogens is 1. The highest BCUT2D eigenvalue weighted by molar-refractivity contribution is 5.97. The third-order valence-corrected chi connectivity index (χ3v) is 3.80. The molecule has 0 fully saturated rings. The average molecular weight is 372 g/mol. The maximum atomic E-state index is 11.9. The molecular weight excluding hydrogens is 352 g/mol. The van der Waals surface area contributed by atoms with Crippen molar-refractivity contribution >= 4 is 28.2 Å². The summed E-state index contributed by atoms with van der Waals surface area (Å²) in [5.74, 6) is 0.396. The van der Waals surface area contributed by atoms with Crippen LogP contribution in [0.4, 0.5) is 11.4 Å². The Bertz CT molecular complexity index is 928. The molecule has 0 atom stereocenters. The van der Waals surface area contributed by atoms with Gasteiger partial charge in [-0.05, 0) is 44.2 Å². The van der Waals surface area contributed by atoms with E-state index in [1.165, 1.54) is 0 Å². The second-order valence-electron chi connectivity index (χ2n) is 5.59. The summed E-state index contributed by atoms with van der Waals surface area (Å²) in [7, 11) is 1.63.